The van der Waals surface area contributed by atoms with Crippen LogP contribution in [-0.4, -0.2) is 53.8 Å². The Morgan fingerprint density at radius 1 is 1.15 bits per heavy atom. The minimum Gasteiger partial charge on any atom is -0.481 e. The smallest absolute Gasteiger partial charge is 0.304 e. The summed E-state index contributed by atoms with van der Waals surface area (Å²) in [7, 11) is -3.50. The molecule has 0 bridgehead atoms. The molecular formula is C13H24N2O4S. The molecule has 1 N–H and O–H groups in total. The molecular weight excluding hydrogens is 280 g/mol. The molecule has 0 aromatic carbocycles. The number of piperidine rings is 2. The fourth-order valence-electron chi connectivity index (χ4n) is 3.05. The minimum atomic E-state index is -3.50. The van der Waals surface area contributed by atoms with Crippen molar-refractivity contribution in [3.63, 3.8) is 0 Å². The SMILES string of the molecule is CC1CCN(S(=O)(=O)N2CCCCC2CC(=O)O)CC1. The van der Waals surface area contributed by atoms with E-state index in [1.165, 1.54) is 8.61 Å². The van der Waals surface area contributed by atoms with Crippen LogP contribution in [0.2, 0.25) is 0 Å². The summed E-state index contributed by atoms with van der Waals surface area (Å²) >= 11 is 0. The summed E-state index contributed by atoms with van der Waals surface area (Å²) in [5.74, 6) is -0.359. The van der Waals surface area contributed by atoms with Crippen molar-refractivity contribution in [2.75, 3.05) is 19.6 Å². The Morgan fingerprint density at radius 3 is 2.40 bits per heavy atom. The molecule has 0 spiro atoms. The van der Waals surface area contributed by atoms with E-state index in [0.717, 1.165) is 25.7 Å². The molecule has 1 atom stereocenters. The van der Waals surface area contributed by atoms with E-state index >= 15 is 0 Å². The van der Waals surface area contributed by atoms with Crippen LogP contribution < -0.4 is 0 Å². The molecule has 0 aliphatic carbocycles. The number of hydrogen-bond acceptors (Lipinski definition) is 3. The Kier molecular flexibility index (Phi) is 5.04. The van der Waals surface area contributed by atoms with Gasteiger partial charge in [-0.05, 0) is 31.6 Å². The van der Waals surface area contributed by atoms with Gasteiger partial charge in [-0.2, -0.15) is 17.0 Å². The number of carboxylic acid groups (broad SMARTS) is 1. The van der Waals surface area contributed by atoms with E-state index in [9.17, 15) is 13.2 Å². The Hall–Kier alpha value is -0.660. The minimum absolute atomic E-state index is 0.0938. The molecule has 7 heteroatoms. The molecule has 0 amide bonds. The molecule has 116 valence electrons. The van der Waals surface area contributed by atoms with E-state index in [-0.39, 0.29) is 12.5 Å². The molecule has 1 unspecified atom stereocenters. The van der Waals surface area contributed by atoms with Gasteiger partial charge in [-0.15, -0.1) is 0 Å². The van der Waals surface area contributed by atoms with Crippen molar-refractivity contribution in [2.24, 2.45) is 5.92 Å². The van der Waals surface area contributed by atoms with Crippen LogP contribution in [0.5, 0.6) is 0 Å². The number of hydrogen-bond donors (Lipinski definition) is 1. The highest BCUT2D eigenvalue weighted by Crippen LogP contribution is 2.27. The largest absolute Gasteiger partial charge is 0.481 e. The quantitative estimate of drug-likeness (QED) is 0.849. The summed E-state index contributed by atoms with van der Waals surface area (Å²) in [6.45, 7) is 3.70. The van der Waals surface area contributed by atoms with Gasteiger partial charge in [0.25, 0.3) is 10.2 Å². The molecule has 2 fully saturated rings. The number of carboxylic acids is 1. The highest BCUT2D eigenvalue weighted by molar-refractivity contribution is 7.86. The molecule has 6 nitrogen and oxygen atoms in total. The number of nitrogens with zero attached hydrogens (tertiary/aromatic N) is 2. The van der Waals surface area contributed by atoms with Crippen LogP contribution in [0.15, 0.2) is 0 Å². The van der Waals surface area contributed by atoms with Gasteiger partial charge in [-0.1, -0.05) is 13.3 Å². The van der Waals surface area contributed by atoms with E-state index in [0.29, 0.717) is 32.0 Å². The lowest BCUT2D eigenvalue weighted by Crippen LogP contribution is -2.52. The van der Waals surface area contributed by atoms with Crippen LogP contribution in [0.1, 0.15) is 45.4 Å². The molecule has 2 aliphatic heterocycles. The zero-order valence-corrected chi connectivity index (χ0v) is 12.8. The van der Waals surface area contributed by atoms with E-state index in [4.69, 9.17) is 5.11 Å². The van der Waals surface area contributed by atoms with Gasteiger partial charge in [-0.3, -0.25) is 4.79 Å². The second kappa shape index (κ2) is 6.41. The van der Waals surface area contributed by atoms with Crippen LogP contribution in [0.4, 0.5) is 0 Å². The van der Waals surface area contributed by atoms with Crippen molar-refractivity contribution in [1.29, 1.82) is 0 Å². The van der Waals surface area contributed by atoms with Crippen molar-refractivity contribution in [3.05, 3.63) is 0 Å². The number of carbonyl (C=O) groups is 1. The average Bonchev–Trinajstić information content (AvgIpc) is 2.39. The lowest BCUT2D eigenvalue weighted by atomic mass is 10.0. The Labute approximate surface area is 120 Å². The van der Waals surface area contributed by atoms with Crippen LogP contribution in [0.25, 0.3) is 0 Å². The summed E-state index contributed by atoms with van der Waals surface area (Å²) in [6, 6.07) is -0.384. The van der Waals surface area contributed by atoms with Crippen LogP contribution in [0, 0.1) is 5.92 Å². The Bertz CT molecular complexity index is 443. The van der Waals surface area contributed by atoms with Crippen molar-refractivity contribution in [1.82, 2.24) is 8.61 Å². The van der Waals surface area contributed by atoms with E-state index < -0.39 is 16.2 Å². The molecule has 0 radical (unpaired) electrons. The van der Waals surface area contributed by atoms with Crippen LogP contribution in [0.3, 0.4) is 0 Å². The Morgan fingerprint density at radius 2 is 1.80 bits per heavy atom. The van der Waals surface area contributed by atoms with Gasteiger partial charge in [0.1, 0.15) is 0 Å². The summed E-state index contributed by atoms with van der Waals surface area (Å²) < 4.78 is 28.4. The molecule has 0 aromatic rings. The van der Waals surface area contributed by atoms with Crippen molar-refractivity contribution < 1.29 is 18.3 Å². The maximum atomic E-state index is 12.7. The Balaban J connectivity index is 2.11. The van der Waals surface area contributed by atoms with Crippen molar-refractivity contribution in [2.45, 2.75) is 51.5 Å². The molecule has 0 aromatic heterocycles. The lowest BCUT2D eigenvalue weighted by molar-refractivity contribution is -0.138. The molecule has 2 heterocycles. The second-order valence-corrected chi connectivity index (χ2v) is 7.83. The predicted molar refractivity (Wildman–Crippen MR) is 75.5 cm³/mol. The molecule has 20 heavy (non-hydrogen) atoms. The normalized spacial score (nSPS) is 27.6. The fourth-order valence-corrected chi connectivity index (χ4v) is 4.93. The third kappa shape index (κ3) is 3.51. The number of rotatable bonds is 4. The first-order chi connectivity index (χ1) is 9.41. The standard InChI is InChI=1S/C13H24N2O4S/c1-11-5-8-14(9-6-11)20(18,19)15-7-3-2-4-12(15)10-13(16)17/h11-12H,2-10H2,1H3,(H,16,17). The van der Waals surface area contributed by atoms with Gasteiger partial charge in [0.05, 0.1) is 6.42 Å². The van der Waals surface area contributed by atoms with E-state index in [1.807, 2.05) is 0 Å². The number of aliphatic carboxylic acids is 1. The predicted octanol–water partition coefficient (Wildman–Crippen LogP) is 1.29. The molecule has 2 saturated heterocycles. The third-order valence-electron chi connectivity index (χ3n) is 4.35. The van der Waals surface area contributed by atoms with E-state index in [2.05, 4.69) is 6.92 Å². The van der Waals surface area contributed by atoms with Gasteiger partial charge < -0.3 is 5.11 Å². The fraction of sp³-hybridized carbons (Fsp3) is 0.923. The van der Waals surface area contributed by atoms with Gasteiger partial charge in [0.15, 0.2) is 0 Å². The van der Waals surface area contributed by atoms with Crippen molar-refractivity contribution in [3.8, 4) is 0 Å². The van der Waals surface area contributed by atoms with Gasteiger partial charge in [-0.25, -0.2) is 0 Å². The zero-order chi connectivity index (χ0) is 14.8. The summed E-state index contributed by atoms with van der Waals surface area (Å²) in [4.78, 5) is 10.9. The van der Waals surface area contributed by atoms with Gasteiger partial charge in [0.2, 0.25) is 0 Å². The third-order valence-corrected chi connectivity index (χ3v) is 6.44. The van der Waals surface area contributed by atoms with Crippen molar-refractivity contribution >= 4 is 16.2 Å². The maximum absolute atomic E-state index is 12.7. The van der Waals surface area contributed by atoms with Crippen LogP contribution in [-0.2, 0) is 15.0 Å². The first kappa shape index (κ1) is 15.7. The van der Waals surface area contributed by atoms with Gasteiger partial charge >= 0.3 is 5.97 Å². The first-order valence-electron chi connectivity index (χ1n) is 7.40. The zero-order valence-electron chi connectivity index (χ0n) is 12.0. The summed E-state index contributed by atoms with van der Waals surface area (Å²) in [5.41, 5.74) is 0. The van der Waals surface area contributed by atoms with Gasteiger partial charge in [0, 0.05) is 25.7 Å². The lowest BCUT2D eigenvalue weighted by Gasteiger charge is -2.39. The molecule has 2 aliphatic rings. The van der Waals surface area contributed by atoms with E-state index in [1.54, 1.807) is 0 Å². The first-order valence-corrected chi connectivity index (χ1v) is 8.79. The molecule has 0 saturated carbocycles. The topological polar surface area (TPSA) is 77.9 Å². The second-order valence-electron chi connectivity index (χ2n) is 5.95. The maximum Gasteiger partial charge on any atom is 0.304 e. The monoisotopic (exact) mass is 304 g/mol. The summed E-state index contributed by atoms with van der Waals surface area (Å²) in [5, 5.41) is 8.96. The van der Waals surface area contributed by atoms with Crippen LogP contribution >= 0.6 is 0 Å². The molecule has 2 rings (SSSR count). The average molecular weight is 304 g/mol. The highest BCUT2D eigenvalue weighted by atomic mass is 32.2. The highest BCUT2D eigenvalue weighted by Gasteiger charge is 2.38. The summed E-state index contributed by atoms with van der Waals surface area (Å²) in [6.07, 6.45) is 4.05.